The van der Waals surface area contributed by atoms with Gasteiger partial charge in [-0.3, -0.25) is 0 Å². The third-order valence-electron chi connectivity index (χ3n) is 2.61. The van der Waals surface area contributed by atoms with Crippen molar-refractivity contribution in [1.29, 1.82) is 5.26 Å². The van der Waals surface area contributed by atoms with E-state index in [4.69, 9.17) is 5.26 Å². The maximum atomic E-state index is 8.91. The molecule has 0 aliphatic heterocycles. The van der Waals surface area contributed by atoms with Crippen LogP contribution in [-0.2, 0) is 6.42 Å². The van der Waals surface area contributed by atoms with Crippen LogP contribution in [0.25, 0.3) is 0 Å². The minimum absolute atomic E-state index is 0.729. The van der Waals surface area contributed by atoms with Gasteiger partial charge in [-0.2, -0.15) is 5.26 Å². The van der Waals surface area contributed by atoms with Gasteiger partial charge in [0.25, 0.3) is 0 Å². The second-order valence-corrected chi connectivity index (χ2v) is 5.87. The molecule has 0 unspecified atom stereocenters. The van der Waals surface area contributed by atoms with Crippen LogP contribution in [0.15, 0.2) is 56.7 Å². The SMILES string of the molecule is CCc1cc(C#N)ccc1Sc1ccc(Br)cc1. The summed E-state index contributed by atoms with van der Waals surface area (Å²) in [5.41, 5.74) is 1.95. The van der Waals surface area contributed by atoms with Gasteiger partial charge in [0.15, 0.2) is 0 Å². The largest absolute Gasteiger partial charge is 0.192 e. The zero-order valence-electron chi connectivity index (χ0n) is 9.98. The molecule has 1 nitrogen and oxygen atoms in total. The van der Waals surface area contributed by atoms with Crippen molar-refractivity contribution in [1.82, 2.24) is 0 Å². The van der Waals surface area contributed by atoms with E-state index in [0.717, 1.165) is 16.5 Å². The monoisotopic (exact) mass is 317 g/mol. The van der Waals surface area contributed by atoms with E-state index in [-0.39, 0.29) is 0 Å². The normalized spacial score (nSPS) is 10.1. The molecule has 2 aromatic carbocycles. The van der Waals surface area contributed by atoms with E-state index >= 15 is 0 Å². The number of rotatable bonds is 3. The van der Waals surface area contributed by atoms with Crippen LogP contribution >= 0.6 is 27.7 Å². The zero-order chi connectivity index (χ0) is 13.0. The summed E-state index contributed by atoms with van der Waals surface area (Å²) in [5, 5.41) is 8.91. The molecule has 3 heteroatoms. The number of nitrogens with zero attached hydrogens (tertiary/aromatic N) is 1. The third-order valence-corrected chi connectivity index (χ3v) is 4.27. The fourth-order valence-electron chi connectivity index (χ4n) is 1.65. The van der Waals surface area contributed by atoms with E-state index in [9.17, 15) is 0 Å². The standard InChI is InChI=1S/C15H12BrNS/c1-2-12-9-11(10-17)3-8-15(12)18-14-6-4-13(16)5-7-14/h3-9H,2H2,1H3. The molecule has 0 fully saturated rings. The first kappa shape index (κ1) is 13.2. The number of halogens is 1. The fraction of sp³-hybridized carbons (Fsp3) is 0.133. The average Bonchev–Trinajstić information content (AvgIpc) is 2.41. The topological polar surface area (TPSA) is 23.8 Å². The lowest BCUT2D eigenvalue weighted by molar-refractivity contribution is 1.08. The Labute approximate surface area is 120 Å². The first-order valence-corrected chi connectivity index (χ1v) is 7.30. The van der Waals surface area contributed by atoms with Gasteiger partial charge in [0.2, 0.25) is 0 Å². The molecule has 0 saturated carbocycles. The summed E-state index contributed by atoms with van der Waals surface area (Å²) < 4.78 is 1.09. The van der Waals surface area contributed by atoms with Crippen LogP contribution in [0.4, 0.5) is 0 Å². The van der Waals surface area contributed by atoms with Gasteiger partial charge in [-0.25, -0.2) is 0 Å². The van der Waals surface area contributed by atoms with Crippen molar-refractivity contribution in [2.75, 3.05) is 0 Å². The molecule has 90 valence electrons. The molecule has 2 rings (SSSR count). The van der Waals surface area contributed by atoms with Crippen LogP contribution < -0.4 is 0 Å². The number of hydrogen-bond donors (Lipinski definition) is 0. The van der Waals surface area contributed by atoms with Gasteiger partial charge in [-0.05, 0) is 54.4 Å². The Balaban J connectivity index is 2.29. The molecule has 0 heterocycles. The fourth-order valence-corrected chi connectivity index (χ4v) is 2.92. The molecular formula is C15H12BrNS. The molecular weight excluding hydrogens is 306 g/mol. The van der Waals surface area contributed by atoms with E-state index in [1.165, 1.54) is 15.4 Å². The second-order valence-electron chi connectivity index (χ2n) is 3.84. The molecule has 0 aromatic heterocycles. The van der Waals surface area contributed by atoms with Crippen molar-refractivity contribution in [2.24, 2.45) is 0 Å². The highest BCUT2D eigenvalue weighted by atomic mass is 79.9. The van der Waals surface area contributed by atoms with Crippen LogP contribution in [0.1, 0.15) is 18.1 Å². The highest BCUT2D eigenvalue weighted by molar-refractivity contribution is 9.10. The third kappa shape index (κ3) is 3.16. The van der Waals surface area contributed by atoms with Gasteiger partial charge >= 0.3 is 0 Å². The molecule has 0 radical (unpaired) electrons. The zero-order valence-corrected chi connectivity index (χ0v) is 12.4. The molecule has 0 amide bonds. The lowest BCUT2D eigenvalue weighted by Gasteiger charge is -2.08. The lowest BCUT2D eigenvalue weighted by Crippen LogP contribution is -1.87. The minimum Gasteiger partial charge on any atom is -0.192 e. The molecule has 2 aromatic rings. The maximum absolute atomic E-state index is 8.91. The minimum atomic E-state index is 0.729. The summed E-state index contributed by atoms with van der Waals surface area (Å²) in [6.45, 7) is 2.11. The van der Waals surface area contributed by atoms with Crippen LogP contribution in [0, 0.1) is 11.3 Å². The molecule has 0 saturated heterocycles. The van der Waals surface area contributed by atoms with E-state index in [0.29, 0.717) is 0 Å². The summed E-state index contributed by atoms with van der Waals surface area (Å²) in [6, 6.07) is 16.3. The maximum Gasteiger partial charge on any atom is 0.0991 e. The van der Waals surface area contributed by atoms with Crippen molar-refractivity contribution >= 4 is 27.7 Å². The van der Waals surface area contributed by atoms with Gasteiger partial charge in [-0.15, -0.1) is 0 Å². The Morgan fingerprint density at radius 1 is 1.17 bits per heavy atom. The van der Waals surface area contributed by atoms with E-state index in [2.05, 4.69) is 41.1 Å². The Morgan fingerprint density at radius 3 is 2.50 bits per heavy atom. The molecule has 0 atom stereocenters. The predicted molar refractivity (Wildman–Crippen MR) is 78.8 cm³/mol. The number of nitriles is 1. The quantitative estimate of drug-likeness (QED) is 0.792. The molecule has 0 spiro atoms. The smallest absolute Gasteiger partial charge is 0.0991 e. The Morgan fingerprint density at radius 2 is 1.89 bits per heavy atom. The van der Waals surface area contributed by atoms with Crippen LogP contribution in [-0.4, -0.2) is 0 Å². The molecule has 0 aliphatic carbocycles. The molecule has 0 aliphatic rings. The van der Waals surface area contributed by atoms with Gasteiger partial charge in [0.05, 0.1) is 11.6 Å². The number of hydrogen-bond acceptors (Lipinski definition) is 2. The average molecular weight is 318 g/mol. The summed E-state index contributed by atoms with van der Waals surface area (Å²) in [6.07, 6.45) is 0.939. The second kappa shape index (κ2) is 6.08. The first-order chi connectivity index (χ1) is 8.72. The molecule has 0 bridgehead atoms. The lowest BCUT2D eigenvalue weighted by atomic mass is 10.1. The Kier molecular flexibility index (Phi) is 4.46. The Hall–Kier alpha value is -1.24. The predicted octanol–water partition coefficient (Wildman–Crippen LogP) is 5.03. The number of benzene rings is 2. The first-order valence-electron chi connectivity index (χ1n) is 5.69. The van der Waals surface area contributed by atoms with E-state index < -0.39 is 0 Å². The highest BCUT2D eigenvalue weighted by Crippen LogP contribution is 2.32. The number of aryl methyl sites for hydroxylation is 1. The summed E-state index contributed by atoms with van der Waals surface area (Å²) in [5.74, 6) is 0. The summed E-state index contributed by atoms with van der Waals surface area (Å²) >= 11 is 5.17. The van der Waals surface area contributed by atoms with Crippen molar-refractivity contribution in [2.45, 2.75) is 23.1 Å². The van der Waals surface area contributed by atoms with Gasteiger partial charge in [0.1, 0.15) is 0 Å². The Bertz CT molecular complexity index is 584. The highest BCUT2D eigenvalue weighted by Gasteiger charge is 2.04. The van der Waals surface area contributed by atoms with Crippen molar-refractivity contribution < 1.29 is 0 Å². The molecule has 18 heavy (non-hydrogen) atoms. The van der Waals surface area contributed by atoms with Gasteiger partial charge in [-0.1, -0.05) is 34.6 Å². The van der Waals surface area contributed by atoms with Crippen LogP contribution in [0.2, 0.25) is 0 Å². The van der Waals surface area contributed by atoms with Gasteiger partial charge in [0, 0.05) is 14.3 Å². The van der Waals surface area contributed by atoms with Crippen molar-refractivity contribution in [3.63, 3.8) is 0 Å². The van der Waals surface area contributed by atoms with Crippen LogP contribution in [0.5, 0.6) is 0 Å². The van der Waals surface area contributed by atoms with E-state index in [1.807, 2.05) is 30.3 Å². The molecule has 0 N–H and O–H groups in total. The summed E-state index contributed by atoms with van der Waals surface area (Å²) in [7, 11) is 0. The van der Waals surface area contributed by atoms with Crippen molar-refractivity contribution in [3.05, 3.63) is 58.1 Å². The summed E-state index contributed by atoms with van der Waals surface area (Å²) in [4.78, 5) is 2.43. The van der Waals surface area contributed by atoms with Crippen molar-refractivity contribution in [3.8, 4) is 6.07 Å². The van der Waals surface area contributed by atoms with E-state index in [1.54, 1.807) is 11.8 Å². The van der Waals surface area contributed by atoms with Crippen LogP contribution in [0.3, 0.4) is 0 Å². The van der Waals surface area contributed by atoms with Gasteiger partial charge < -0.3 is 0 Å².